The Morgan fingerprint density at radius 2 is 1.67 bits per heavy atom. The molecule has 1 aromatic heterocycles. The Labute approximate surface area is 165 Å². The number of amides is 2. The minimum atomic E-state index is -0.213. The first-order valence-corrected chi connectivity index (χ1v) is 9.29. The van der Waals surface area contributed by atoms with E-state index < -0.39 is 0 Å². The van der Waals surface area contributed by atoms with Crippen LogP contribution in [0.2, 0.25) is 5.02 Å². The zero-order valence-corrected chi connectivity index (χ0v) is 16.8. The van der Waals surface area contributed by atoms with Gasteiger partial charge in [-0.3, -0.25) is 0 Å². The number of nitrogens with one attached hydrogen (secondary N) is 2. The van der Waals surface area contributed by atoms with Crippen LogP contribution in [0.25, 0.3) is 5.69 Å². The van der Waals surface area contributed by atoms with Crippen molar-refractivity contribution in [3.63, 3.8) is 0 Å². The third-order valence-electron chi connectivity index (χ3n) is 4.82. The van der Waals surface area contributed by atoms with E-state index in [0.717, 1.165) is 33.9 Å². The van der Waals surface area contributed by atoms with E-state index in [2.05, 4.69) is 42.0 Å². The van der Waals surface area contributed by atoms with Crippen molar-refractivity contribution in [3.8, 4) is 5.69 Å². The number of hydrogen-bond donors (Lipinski definition) is 2. The highest BCUT2D eigenvalue weighted by atomic mass is 35.5. The van der Waals surface area contributed by atoms with E-state index in [9.17, 15) is 4.79 Å². The molecule has 1 heterocycles. The summed E-state index contributed by atoms with van der Waals surface area (Å²) in [6, 6.07) is 15.5. The van der Waals surface area contributed by atoms with Gasteiger partial charge in [-0.25, -0.2) is 4.79 Å². The Kier molecular flexibility index (Phi) is 5.57. The van der Waals surface area contributed by atoms with Crippen LogP contribution in [0.5, 0.6) is 0 Å². The lowest BCUT2D eigenvalue weighted by atomic mass is 10.1. The van der Waals surface area contributed by atoms with Crippen LogP contribution in [-0.4, -0.2) is 10.6 Å². The Morgan fingerprint density at radius 1 is 0.963 bits per heavy atom. The minimum Gasteiger partial charge on any atom is -0.334 e. The fourth-order valence-electron chi connectivity index (χ4n) is 3.17. The van der Waals surface area contributed by atoms with Gasteiger partial charge in [0, 0.05) is 34.3 Å². The molecule has 3 aromatic rings. The number of carbonyl (C=O) groups is 1. The highest BCUT2D eigenvalue weighted by Gasteiger charge is 2.12. The number of rotatable bonds is 4. The normalized spacial score (nSPS) is 10.7. The maximum Gasteiger partial charge on any atom is 0.319 e. The van der Waals surface area contributed by atoms with Crippen LogP contribution in [0.3, 0.4) is 0 Å². The minimum absolute atomic E-state index is 0.213. The van der Waals surface area contributed by atoms with Gasteiger partial charge in [0.15, 0.2) is 0 Å². The second kappa shape index (κ2) is 7.89. The van der Waals surface area contributed by atoms with Gasteiger partial charge in [-0.1, -0.05) is 17.7 Å². The zero-order chi connectivity index (χ0) is 19.6. The summed E-state index contributed by atoms with van der Waals surface area (Å²) in [5.41, 5.74) is 7.50. The van der Waals surface area contributed by atoms with E-state index in [4.69, 9.17) is 11.6 Å². The number of hydrogen-bond acceptors (Lipinski definition) is 1. The number of benzene rings is 2. The standard InChI is InChI=1S/C22H24ClN3O/c1-14-5-8-20(11-15(14)2)25-22(27)24-13-18-12-16(3)26(17(18)4)21-9-6-19(23)7-10-21/h5-12H,13H2,1-4H3,(H2,24,25,27). The molecule has 4 nitrogen and oxygen atoms in total. The van der Waals surface area contributed by atoms with Gasteiger partial charge in [-0.15, -0.1) is 0 Å². The molecule has 2 N–H and O–H groups in total. The lowest BCUT2D eigenvalue weighted by Crippen LogP contribution is -2.28. The van der Waals surface area contributed by atoms with Gasteiger partial charge in [0.25, 0.3) is 0 Å². The fraction of sp³-hybridized carbons (Fsp3) is 0.227. The van der Waals surface area contributed by atoms with E-state index in [1.54, 1.807) is 0 Å². The number of halogens is 1. The van der Waals surface area contributed by atoms with Crippen molar-refractivity contribution in [2.75, 3.05) is 5.32 Å². The predicted molar refractivity (Wildman–Crippen MR) is 112 cm³/mol. The number of carbonyl (C=O) groups excluding carboxylic acids is 1. The van der Waals surface area contributed by atoms with Crippen LogP contribution in [0.4, 0.5) is 10.5 Å². The third-order valence-corrected chi connectivity index (χ3v) is 5.08. The lowest BCUT2D eigenvalue weighted by molar-refractivity contribution is 0.251. The molecule has 0 aliphatic rings. The quantitative estimate of drug-likeness (QED) is 0.599. The molecule has 5 heteroatoms. The molecule has 0 radical (unpaired) electrons. The Hall–Kier alpha value is -2.72. The predicted octanol–water partition coefficient (Wildman–Crippen LogP) is 5.69. The van der Waals surface area contributed by atoms with Gasteiger partial charge in [0.2, 0.25) is 0 Å². The first kappa shape index (κ1) is 19.1. The van der Waals surface area contributed by atoms with E-state index in [0.29, 0.717) is 11.6 Å². The molecule has 0 aliphatic carbocycles. The van der Waals surface area contributed by atoms with Crippen molar-refractivity contribution in [3.05, 3.63) is 81.6 Å². The van der Waals surface area contributed by atoms with Crippen molar-refractivity contribution in [1.29, 1.82) is 0 Å². The monoisotopic (exact) mass is 381 g/mol. The van der Waals surface area contributed by atoms with Crippen molar-refractivity contribution in [2.45, 2.75) is 34.2 Å². The average Bonchev–Trinajstić information content (AvgIpc) is 2.91. The molecule has 0 saturated heterocycles. The summed E-state index contributed by atoms with van der Waals surface area (Å²) in [5.74, 6) is 0. The van der Waals surface area contributed by atoms with Gasteiger partial charge in [-0.2, -0.15) is 0 Å². The number of aryl methyl sites for hydroxylation is 3. The van der Waals surface area contributed by atoms with Gasteiger partial charge < -0.3 is 15.2 Å². The topological polar surface area (TPSA) is 46.1 Å². The van der Waals surface area contributed by atoms with Crippen molar-refractivity contribution >= 4 is 23.3 Å². The summed E-state index contributed by atoms with van der Waals surface area (Å²) < 4.78 is 2.16. The third kappa shape index (κ3) is 4.34. The molecule has 0 unspecified atom stereocenters. The molecule has 2 aromatic carbocycles. The molecule has 0 saturated carbocycles. The van der Waals surface area contributed by atoms with Crippen LogP contribution in [-0.2, 0) is 6.54 Å². The first-order chi connectivity index (χ1) is 12.8. The molecular weight excluding hydrogens is 358 g/mol. The van der Waals surface area contributed by atoms with Gasteiger partial charge in [0.05, 0.1) is 0 Å². The second-order valence-electron chi connectivity index (χ2n) is 6.81. The molecule has 0 spiro atoms. The number of urea groups is 1. The smallest absolute Gasteiger partial charge is 0.319 e. The van der Waals surface area contributed by atoms with Crippen LogP contribution < -0.4 is 10.6 Å². The highest BCUT2D eigenvalue weighted by molar-refractivity contribution is 6.30. The largest absolute Gasteiger partial charge is 0.334 e. The Morgan fingerprint density at radius 3 is 2.33 bits per heavy atom. The van der Waals surface area contributed by atoms with E-state index in [-0.39, 0.29) is 6.03 Å². The number of anilines is 1. The lowest BCUT2D eigenvalue weighted by Gasteiger charge is -2.11. The summed E-state index contributed by atoms with van der Waals surface area (Å²) in [6.07, 6.45) is 0. The molecule has 2 amide bonds. The molecule has 3 rings (SSSR count). The van der Waals surface area contributed by atoms with Gasteiger partial charge in [-0.05, 0) is 86.8 Å². The maximum absolute atomic E-state index is 12.2. The highest BCUT2D eigenvalue weighted by Crippen LogP contribution is 2.22. The Balaban J connectivity index is 1.69. The Bertz CT molecular complexity index is 974. The van der Waals surface area contributed by atoms with E-state index >= 15 is 0 Å². The first-order valence-electron chi connectivity index (χ1n) is 8.91. The molecule has 0 fully saturated rings. The molecule has 140 valence electrons. The second-order valence-corrected chi connectivity index (χ2v) is 7.25. The van der Waals surface area contributed by atoms with Crippen LogP contribution in [0.1, 0.15) is 28.1 Å². The summed E-state index contributed by atoms with van der Waals surface area (Å²) in [5, 5.41) is 6.54. The summed E-state index contributed by atoms with van der Waals surface area (Å²) in [7, 11) is 0. The summed E-state index contributed by atoms with van der Waals surface area (Å²) in [4.78, 5) is 12.2. The number of aromatic nitrogens is 1. The van der Waals surface area contributed by atoms with Crippen LogP contribution in [0.15, 0.2) is 48.5 Å². The fourth-order valence-corrected chi connectivity index (χ4v) is 3.29. The molecule has 0 atom stereocenters. The SMILES string of the molecule is Cc1ccc(NC(=O)NCc2cc(C)n(-c3ccc(Cl)cc3)c2C)cc1C. The zero-order valence-electron chi connectivity index (χ0n) is 16.1. The van der Waals surface area contributed by atoms with Crippen LogP contribution in [0, 0.1) is 27.7 Å². The van der Waals surface area contributed by atoms with E-state index in [1.807, 2.05) is 49.4 Å². The maximum atomic E-state index is 12.2. The van der Waals surface area contributed by atoms with Crippen molar-refractivity contribution in [1.82, 2.24) is 9.88 Å². The molecule has 0 bridgehead atoms. The molecule has 27 heavy (non-hydrogen) atoms. The van der Waals surface area contributed by atoms with Crippen molar-refractivity contribution in [2.24, 2.45) is 0 Å². The number of nitrogens with zero attached hydrogens (tertiary/aromatic N) is 1. The summed E-state index contributed by atoms with van der Waals surface area (Å²) >= 11 is 5.99. The van der Waals surface area contributed by atoms with Crippen LogP contribution >= 0.6 is 11.6 Å². The van der Waals surface area contributed by atoms with Gasteiger partial charge in [0.1, 0.15) is 0 Å². The van der Waals surface area contributed by atoms with Gasteiger partial charge >= 0.3 is 6.03 Å². The average molecular weight is 382 g/mol. The van der Waals surface area contributed by atoms with Crippen molar-refractivity contribution < 1.29 is 4.79 Å². The molecule has 0 aliphatic heterocycles. The molecular formula is C22H24ClN3O. The van der Waals surface area contributed by atoms with E-state index in [1.165, 1.54) is 5.56 Å². The summed E-state index contributed by atoms with van der Waals surface area (Å²) in [6.45, 7) is 8.66.